The van der Waals surface area contributed by atoms with E-state index >= 15 is 0 Å². The molecular weight excluding hydrogens is 206 g/mol. The SMILES string of the molecule is C=CCCOc1cccc(SC)c1C#N. The zero-order chi connectivity index (χ0) is 11.1. The Hall–Kier alpha value is -1.40. The standard InChI is InChI=1S/C12H13NOS/c1-3-4-8-14-11-6-5-7-12(15-2)10(11)9-13/h3,5-7H,1,4,8H2,2H3. The van der Waals surface area contributed by atoms with Crippen LogP contribution in [0.1, 0.15) is 12.0 Å². The lowest BCUT2D eigenvalue weighted by molar-refractivity contribution is 0.323. The molecule has 0 amide bonds. The second-order valence-electron chi connectivity index (χ2n) is 2.87. The molecule has 15 heavy (non-hydrogen) atoms. The second-order valence-corrected chi connectivity index (χ2v) is 3.72. The van der Waals surface area contributed by atoms with Gasteiger partial charge in [0.05, 0.1) is 6.61 Å². The third-order valence-corrected chi connectivity index (χ3v) is 2.68. The van der Waals surface area contributed by atoms with Crippen LogP contribution in [0.25, 0.3) is 0 Å². The quantitative estimate of drug-likeness (QED) is 0.433. The number of nitriles is 1. The first kappa shape index (κ1) is 11.7. The predicted octanol–water partition coefficient (Wildman–Crippen LogP) is 3.24. The highest BCUT2D eigenvalue weighted by molar-refractivity contribution is 7.98. The van der Waals surface area contributed by atoms with Gasteiger partial charge in [-0.25, -0.2) is 0 Å². The molecular formula is C12H13NOS. The summed E-state index contributed by atoms with van der Waals surface area (Å²) >= 11 is 1.55. The highest BCUT2D eigenvalue weighted by atomic mass is 32.2. The Balaban J connectivity index is 2.87. The van der Waals surface area contributed by atoms with Crippen molar-refractivity contribution in [1.29, 1.82) is 5.26 Å². The molecule has 0 aliphatic carbocycles. The Morgan fingerprint density at radius 2 is 2.40 bits per heavy atom. The van der Waals surface area contributed by atoms with Crippen molar-refractivity contribution in [3.05, 3.63) is 36.4 Å². The molecule has 0 unspecified atom stereocenters. The Bertz CT molecular complexity index is 382. The van der Waals surface area contributed by atoms with Crippen molar-refractivity contribution in [2.75, 3.05) is 12.9 Å². The average molecular weight is 219 g/mol. The molecule has 0 aromatic heterocycles. The monoisotopic (exact) mass is 219 g/mol. The number of thioether (sulfide) groups is 1. The lowest BCUT2D eigenvalue weighted by Crippen LogP contribution is -1.98. The molecule has 1 aromatic rings. The van der Waals surface area contributed by atoms with E-state index in [4.69, 9.17) is 10.00 Å². The smallest absolute Gasteiger partial charge is 0.138 e. The molecule has 0 aliphatic rings. The van der Waals surface area contributed by atoms with E-state index in [9.17, 15) is 0 Å². The van der Waals surface area contributed by atoms with E-state index in [1.54, 1.807) is 17.8 Å². The highest BCUT2D eigenvalue weighted by Gasteiger charge is 2.07. The zero-order valence-corrected chi connectivity index (χ0v) is 9.51. The lowest BCUT2D eigenvalue weighted by Gasteiger charge is -2.08. The minimum absolute atomic E-state index is 0.565. The van der Waals surface area contributed by atoms with Crippen LogP contribution in [0.2, 0.25) is 0 Å². The topological polar surface area (TPSA) is 33.0 Å². The summed E-state index contributed by atoms with van der Waals surface area (Å²) in [5.74, 6) is 0.659. The van der Waals surface area contributed by atoms with Gasteiger partial charge in [-0.05, 0) is 24.8 Å². The fraction of sp³-hybridized carbons (Fsp3) is 0.250. The van der Waals surface area contributed by atoms with Gasteiger partial charge in [-0.3, -0.25) is 0 Å². The van der Waals surface area contributed by atoms with Gasteiger partial charge in [-0.2, -0.15) is 5.26 Å². The normalized spacial score (nSPS) is 9.33. The van der Waals surface area contributed by atoms with Crippen LogP contribution in [-0.2, 0) is 0 Å². The van der Waals surface area contributed by atoms with E-state index in [2.05, 4.69) is 12.6 Å². The molecule has 3 heteroatoms. The van der Waals surface area contributed by atoms with E-state index < -0.39 is 0 Å². The van der Waals surface area contributed by atoms with E-state index in [1.807, 2.05) is 24.5 Å². The third-order valence-electron chi connectivity index (χ3n) is 1.90. The van der Waals surface area contributed by atoms with Crippen LogP contribution in [-0.4, -0.2) is 12.9 Å². The molecule has 2 nitrogen and oxygen atoms in total. The summed E-state index contributed by atoms with van der Waals surface area (Å²) in [5, 5.41) is 9.02. The van der Waals surface area contributed by atoms with Gasteiger partial charge in [0.2, 0.25) is 0 Å². The van der Waals surface area contributed by atoms with Gasteiger partial charge in [0, 0.05) is 4.90 Å². The fourth-order valence-electron chi connectivity index (χ4n) is 1.16. The minimum Gasteiger partial charge on any atom is -0.492 e. The summed E-state index contributed by atoms with van der Waals surface area (Å²) < 4.78 is 5.50. The number of benzene rings is 1. The molecule has 0 heterocycles. The molecule has 0 saturated heterocycles. The summed E-state index contributed by atoms with van der Waals surface area (Å²) in [6.45, 7) is 4.18. The maximum absolute atomic E-state index is 9.02. The van der Waals surface area contributed by atoms with Crippen molar-refractivity contribution < 1.29 is 4.74 Å². The summed E-state index contributed by atoms with van der Waals surface area (Å²) in [5.41, 5.74) is 0.620. The number of ether oxygens (including phenoxy) is 1. The first-order chi connectivity index (χ1) is 7.33. The van der Waals surface area contributed by atoms with Crippen LogP contribution < -0.4 is 4.74 Å². The highest BCUT2D eigenvalue weighted by Crippen LogP contribution is 2.27. The molecule has 1 aromatic carbocycles. The fourth-order valence-corrected chi connectivity index (χ4v) is 1.73. The molecule has 0 fully saturated rings. The second kappa shape index (κ2) is 6.15. The van der Waals surface area contributed by atoms with Gasteiger partial charge >= 0.3 is 0 Å². The van der Waals surface area contributed by atoms with Gasteiger partial charge < -0.3 is 4.74 Å². The largest absolute Gasteiger partial charge is 0.492 e. The third kappa shape index (κ3) is 3.03. The van der Waals surface area contributed by atoms with Crippen LogP contribution in [0, 0.1) is 11.3 Å². The van der Waals surface area contributed by atoms with Gasteiger partial charge in [-0.1, -0.05) is 12.1 Å². The molecule has 0 saturated carbocycles. The summed E-state index contributed by atoms with van der Waals surface area (Å²) in [6, 6.07) is 7.81. The molecule has 78 valence electrons. The number of rotatable bonds is 5. The lowest BCUT2D eigenvalue weighted by atomic mass is 10.2. The van der Waals surface area contributed by atoms with Crippen molar-refractivity contribution in [2.24, 2.45) is 0 Å². The maximum atomic E-state index is 9.02. The predicted molar refractivity (Wildman–Crippen MR) is 63.2 cm³/mol. The number of nitrogens with zero attached hydrogens (tertiary/aromatic N) is 1. The molecule has 0 atom stereocenters. The van der Waals surface area contributed by atoms with Gasteiger partial charge in [0.1, 0.15) is 17.4 Å². The molecule has 1 rings (SSSR count). The van der Waals surface area contributed by atoms with Crippen LogP contribution in [0.3, 0.4) is 0 Å². The minimum atomic E-state index is 0.565. The number of hydrogen-bond donors (Lipinski definition) is 0. The average Bonchev–Trinajstić information content (AvgIpc) is 2.29. The van der Waals surface area contributed by atoms with E-state index in [-0.39, 0.29) is 0 Å². The van der Waals surface area contributed by atoms with Crippen molar-refractivity contribution in [1.82, 2.24) is 0 Å². The molecule has 0 spiro atoms. The van der Waals surface area contributed by atoms with E-state index in [0.717, 1.165) is 11.3 Å². The first-order valence-electron chi connectivity index (χ1n) is 4.64. The molecule has 0 bridgehead atoms. The van der Waals surface area contributed by atoms with Gasteiger partial charge in [0.25, 0.3) is 0 Å². The Morgan fingerprint density at radius 1 is 1.60 bits per heavy atom. The van der Waals surface area contributed by atoms with Crippen LogP contribution in [0.15, 0.2) is 35.7 Å². The first-order valence-corrected chi connectivity index (χ1v) is 5.86. The van der Waals surface area contributed by atoms with Crippen molar-refractivity contribution >= 4 is 11.8 Å². The van der Waals surface area contributed by atoms with Crippen LogP contribution in [0.4, 0.5) is 0 Å². The van der Waals surface area contributed by atoms with E-state index in [0.29, 0.717) is 17.9 Å². The molecule has 0 radical (unpaired) electrons. The molecule has 0 N–H and O–H groups in total. The summed E-state index contributed by atoms with van der Waals surface area (Å²) in [7, 11) is 0. The van der Waals surface area contributed by atoms with Gasteiger partial charge in [-0.15, -0.1) is 18.3 Å². The Morgan fingerprint density at radius 3 is 3.00 bits per heavy atom. The van der Waals surface area contributed by atoms with Crippen molar-refractivity contribution in [2.45, 2.75) is 11.3 Å². The summed E-state index contributed by atoms with van der Waals surface area (Å²) in [6.07, 6.45) is 4.53. The zero-order valence-electron chi connectivity index (χ0n) is 8.69. The molecule has 0 aliphatic heterocycles. The summed E-state index contributed by atoms with van der Waals surface area (Å²) in [4.78, 5) is 0.952. The van der Waals surface area contributed by atoms with Crippen molar-refractivity contribution in [3.63, 3.8) is 0 Å². The number of hydrogen-bond acceptors (Lipinski definition) is 3. The van der Waals surface area contributed by atoms with E-state index in [1.165, 1.54) is 0 Å². The maximum Gasteiger partial charge on any atom is 0.138 e. The Labute approximate surface area is 94.6 Å². The van der Waals surface area contributed by atoms with Crippen LogP contribution in [0.5, 0.6) is 5.75 Å². The Kier molecular flexibility index (Phi) is 4.79. The van der Waals surface area contributed by atoms with Crippen LogP contribution >= 0.6 is 11.8 Å². The van der Waals surface area contributed by atoms with Gasteiger partial charge in [0.15, 0.2) is 0 Å². The van der Waals surface area contributed by atoms with Crippen molar-refractivity contribution in [3.8, 4) is 11.8 Å².